The molecule has 0 aliphatic carbocycles. The molecular formula is C71H128N12O14S. The van der Waals surface area contributed by atoms with Gasteiger partial charge in [0.15, 0.2) is 5.37 Å². The first-order valence-corrected chi connectivity index (χ1v) is 36.4. The summed E-state index contributed by atoms with van der Waals surface area (Å²) in [4.78, 5) is 176. The molecule has 0 spiro atoms. The predicted octanol–water partition coefficient (Wildman–Crippen LogP) is 4.21. The largest absolute Gasteiger partial charge is 0.390 e. The molecule has 0 aromatic carbocycles. The van der Waals surface area contributed by atoms with Crippen molar-refractivity contribution in [1.82, 2.24) is 60.5 Å². The number of aliphatic hydroxyl groups is 1. The zero-order chi connectivity index (χ0) is 75.1. The van der Waals surface area contributed by atoms with Gasteiger partial charge in [0, 0.05) is 76.0 Å². The second kappa shape index (κ2) is 41.1. The van der Waals surface area contributed by atoms with Crippen LogP contribution in [0.3, 0.4) is 0 Å². The standard InChI is InChI=1S/C71H128N12O14S/c1-26-28-30-47(13)58(84)57-62(88)74-50(27-2)64(90)82(24)70(98-38-29-33-83-34-36-97-37-35-83)69(95)79(21)54(41-71(16,17)96-25)61(87)75-55(45(9)10)67(93)77(19)52(39-43(5)6)60(86)72-48(14)59(85)73-49(15)63(89)78(20)53(40-44(7)8)66(92)76(18)51(32-31-42(3)4)65(91)80(22)56(46(11)12)68(94)81(57)23/h26,28,42-58,70,84H,27,29-41H2,1-25H3,(H,72,86)(H,73,85)(H,74,88)(H,75,87)/b28-26+/t47-,48-,49+,50+,51+,52-,53+,54+,55-,56+,57+,58-,70-/m1/s1. The van der Waals surface area contributed by atoms with E-state index in [0.29, 0.717) is 57.9 Å². The van der Waals surface area contributed by atoms with Crippen LogP contribution in [0, 0.1) is 35.5 Å². The number of thioether (sulfide) groups is 1. The van der Waals surface area contributed by atoms with E-state index in [4.69, 9.17) is 9.47 Å². The molecule has 2 rings (SSSR count). The van der Waals surface area contributed by atoms with Gasteiger partial charge in [0.25, 0.3) is 5.91 Å². The van der Waals surface area contributed by atoms with Gasteiger partial charge in [0.1, 0.15) is 60.4 Å². The summed E-state index contributed by atoms with van der Waals surface area (Å²) < 4.78 is 11.4. The minimum Gasteiger partial charge on any atom is -0.390 e. The van der Waals surface area contributed by atoms with Gasteiger partial charge in [-0.05, 0) is 127 Å². The van der Waals surface area contributed by atoms with Crippen LogP contribution in [0.4, 0.5) is 0 Å². The van der Waals surface area contributed by atoms with Crippen LogP contribution < -0.4 is 21.3 Å². The Morgan fingerprint density at radius 2 is 1.08 bits per heavy atom. The quantitative estimate of drug-likeness (QED) is 0.0749. The summed E-state index contributed by atoms with van der Waals surface area (Å²) >= 11 is 1.17. The molecule has 26 nitrogen and oxygen atoms in total. The van der Waals surface area contributed by atoms with Crippen LogP contribution in [0.1, 0.15) is 169 Å². The van der Waals surface area contributed by atoms with Crippen LogP contribution >= 0.6 is 11.8 Å². The normalized spacial score (nSPS) is 26.9. The zero-order valence-corrected chi connectivity index (χ0v) is 65.0. The van der Waals surface area contributed by atoms with E-state index in [0.717, 1.165) is 4.90 Å². The number of carbonyl (C=O) groups is 11. The second-order valence-electron chi connectivity index (χ2n) is 29.7. The number of aliphatic hydroxyl groups excluding tert-OH is 1. The minimum atomic E-state index is -1.65. The lowest BCUT2D eigenvalue weighted by Gasteiger charge is -2.41. The number of methoxy groups -OCH3 is 1. The molecule has 0 radical (unpaired) electrons. The van der Waals surface area contributed by atoms with Crippen molar-refractivity contribution in [2.24, 2.45) is 35.5 Å². The minimum absolute atomic E-state index is 0.0152. The van der Waals surface area contributed by atoms with Crippen molar-refractivity contribution in [1.29, 1.82) is 0 Å². The van der Waals surface area contributed by atoms with Gasteiger partial charge in [-0.15, -0.1) is 11.8 Å². The Kier molecular flexibility index (Phi) is 37.0. The highest BCUT2D eigenvalue weighted by Crippen LogP contribution is 2.29. The van der Waals surface area contributed by atoms with E-state index < -0.39 is 160 Å². The van der Waals surface area contributed by atoms with E-state index in [9.17, 15) is 24.3 Å². The van der Waals surface area contributed by atoms with Crippen LogP contribution in [-0.2, 0) is 62.2 Å². The van der Waals surface area contributed by atoms with E-state index in [1.165, 1.54) is 111 Å². The average Bonchev–Trinajstić information content (AvgIpc) is 0.805. The highest BCUT2D eigenvalue weighted by molar-refractivity contribution is 8.00. The molecule has 98 heavy (non-hydrogen) atoms. The molecule has 5 N–H and O–H groups in total. The number of hydrogen-bond acceptors (Lipinski definition) is 16. The Morgan fingerprint density at radius 1 is 0.571 bits per heavy atom. The highest BCUT2D eigenvalue weighted by Gasteiger charge is 2.47. The van der Waals surface area contributed by atoms with E-state index >= 15 is 33.6 Å². The van der Waals surface area contributed by atoms with Crippen molar-refractivity contribution in [2.75, 3.05) is 95.0 Å². The van der Waals surface area contributed by atoms with Gasteiger partial charge >= 0.3 is 0 Å². The summed E-state index contributed by atoms with van der Waals surface area (Å²) in [5.74, 6) is -9.34. The molecule has 2 aliphatic rings. The fraction of sp³-hybridized carbons (Fsp3) is 0.817. The number of ether oxygens (including phenoxy) is 2. The van der Waals surface area contributed by atoms with Gasteiger partial charge in [-0.2, -0.15) is 0 Å². The van der Waals surface area contributed by atoms with Crippen molar-refractivity contribution in [2.45, 2.75) is 247 Å². The van der Waals surface area contributed by atoms with Crippen molar-refractivity contribution >= 4 is 76.7 Å². The van der Waals surface area contributed by atoms with Crippen LogP contribution in [0.5, 0.6) is 0 Å². The van der Waals surface area contributed by atoms with Crippen molar-refractivity contribution < 1.29 is 67.3 Å². The molecule has 562 valence electrons. The van der Waals surface area contributed by atoms with Gasteiger partial charge < -0.3 is 70.1 Å². The molecular weight excluding hydrogens is 1280 g/mol. The highest BCUT2D eigenvalue weighted by atomic mass is 32.2. The summed E-state index contributed by atoms with van der Waals surface area (Å²) in [5, 5.41) is 22.3. The Labute approximate surface area is 591 Å². The molecule has 2 heterocycles. The van der Waals surface area contributed by atoms with Crippen LogP contribution in [0.25, 0.3) is 0 Å². The number of likely N-dealkylation sites (N-methyl/N-ethyl adjacent to an activating group) is 7. The van der Waals surface area contributed by atoms with Crippen LogP contribution in [0.15, 0.2) is 12.2 Å². The molecule has 13 atom stereocenters. The third-order valence-corrected chi connectivity index (χ3v) is 20.4. The maximum Gasteiger partial charge on any atom is 0.256 e. The van der Waals surface area contributed by atoms with E-state index in [1.807, 2.05) is 54.5 Å². The van der Waals surface area contributed by atoms with E-state index in [2.05, 4.69) is 26.2 Å². The van der Waals surface area contributed by atoms with Gasteiger partial charge in [0.05, 0.1) is 24.9 Å². The van der Waals surface area contributed by atoms with Crippen LogP contribution in [0.2, 0.25) is 0 Å². The summed E-state index contributed by atoms with van der Waals surface area (Å²) in [7, 11) is 11.5. The zero-order valence-electron chi connectivity index (χ0n) is 64.2. The Hall–Kier alpha value is -5.90. The number of allylic oxidation sites excluding steroid dienone is 2. The van der Waals surface area contributed by atoms with E-state index in [1.54, 1.807) is 61.5 Å². The third-order valence-electron chi connectivity index (χ3n) is 19.1. The first-order valence-electron chi connectivity index (χ1n) is 35.4. The third kappa shape index (κ3) is 25.3. The van der Waals surface area contributed by atoms with Crippen LogP contribution in [-0.4, -0.2) is 282 Å². The number of morpholine rings is 1. The van der Waals surface area contributed by atoms with Gasteiger partial charge in [-0.25, -0.2) is 0 Å². The fourth-order valence-corrected chi connectivity index (χ4v) is 13.5. The first kappa shape index (κ1) is 88.2. The molecule has 0 bridgehead atoms. The lowest BCUT2D eigenvalue weighted by Crippen LogP contribution is -2.64. The smallest absolute Gasteiger partial charge is 0.256 e. The van der Waals surface area contributed by atoms with Crippen molar-refractivity contribution in [3.05, 3.63) is 12.2 Å². The summed E-state index contributed by atoms with van der Waals surface area (Å²) in [5.41, 5.74) is -1.05. The fourth-order valence-electron chi connectivity index (χ4n) is 12.4. The Bertz CT molecular complexity index is 2670. The topological polar surface area (TPSA) is 300 Å². The Morgan fingerprint density at radius 3 is 1.60 bits per heavy atom. The molecule has 2 fully saturated rings. The molecule has 2 aliphatic heterocycles. The lowest BCUT2D eigenvalue weighted by atomic mass is 9.91. The van der Waals surface area contributed by atoms with Gasteiger partial charge in [0.2, 0.25) is 59.1 Å². The second-order valence-corrected chi connectivity index (χ2v) is 30.9. The van der Waals surface area contributed by atoms with Crippen molar-refractivity contribution in [3.8, 4) is 0 Å². The number of carbonyl (C=O) groups excluding carboxylic acids is 11. The molecule has 0 aromatic heterocycles. The lowest BCUT2D eigenvalue weighted by molar-refractivity contribution is -0.157. The molecule has 11 amide bonds. The number of hydrogen-bond donors (Lipinski definition) is 5. The molecule has 0 saturated carbocycles. The number of nitrogens with one attached hydrogen (secondary N) is 4. The summed E-state index contributed by atoms with van der Waals surface area (Å²) in [6.45, 7) is 33.2. The maximum atomic E-state index is 15.6. The molecule has 0 aromatic rings. The SMILES string of the molecule is C/C=C/C[C@@H](C)[C@@H](O)[C@H]1C(=O)N[C@@H](CC)C(=O)N(C)[C@H](SCCCN2CCOCC2)C(=O)N(C)[C@@H](CC(C)(C)OC)C(=O)N[C@H](C(C)C)C(=O)N(C)[C@H](CC(C)C)C(=O)N[C@H](C)C(=O)N[C@@H](C)C(=O)N(C)[C@@H](CC(C)C)C(=O)N(C)[C@@H](CCC(C)C)C(=O)N(C)[C@@H](C(C)C)C(=O)N1C. The molecule has 27 heteroatoms. The average molecular weight is 1410 g/mol. The first-order chi connectivity index (χ1) is 45.5. The van der Waals surface area contributed by atoms with E-state index in [-0.39, 0.29) is 49.9 Å². The Balaban J connectivity index is 3.15. The van der Waals surface area contributed by atoms with Gasteiger partial charge in [-0.3, -0.25) is 57.6 Å². The molecule has 0 unspecified atom stereocenters. The van der Waals surface area contributed by atoms with Crippen molar-refractivity contribution in [3.63, 3.8) is 0 Å². The predicted molar refractivity (Wildman–Crippen MR) is 383 cm³/mol. The van der Waals surface area contributed by atoms with Gasteiger partial charge in [-0.1, -0.05) is 95.2 Å². The molecule has 2 saturated heterocycles. The summed E-state index contributed by atoms with van der Waals surface area (Å²) in [6.07, 6.45) is 3.76. The maximum absolute atomic E-state index is 15.6. The number of amides is 11. The number of rotatable bonds is 22. The number of nitrogens with zero attached hydrogens (tertiary/aromatic N) is 8. The monoisotopic (exact) mass is 1400 g/mol. The summed E-state index contributed by atoms with van der Waals surface area (Å²) in [6, 6.07) is -12.9.